The van der Waals surface area contributed by atoms with E-state index in [-0.39, 0.29) is 5.91 Å². The van der Waals surface area contributed by atoms with Gasteiger partial charge in [0.05, 0.1) is 39.6 Å². The minimum atomic E-state index is -0.218. The van der Waals surface area contributed by atoms with Crippen molar-refractivity contribution < 1.29 is 4.79 Å². The van der Waals surface area contributed by atoms with Gasteiger partial charge in [-0.15, -0.1) is 0 Å². The molecule has 4 heterocycles. The van der Waals surface area contributed by atoms with Crippen molar-refractivity contribution in [2.24, 2.45) is 7.05 Å². The lowest BCUT2D eigenvalue weighted by molar-refractivity contribution is 0.102. The van der Waals surface area contributed by atoms with Crippen LogP contribution in [-0.4, -0.2) is 35.2 Å². The molecule has 0 radical (unpaired) electrons. The van der Waals surface area contributed by atoms with E-state index >= 15 is 0 Å². The Kier molecular flexibility index (Phi) is 4.06. The van der Waals surface area contributed by atoms with Crippen LogP contribution in [0.3, 0.4) is 0 Å². The van der Waals surface area contributed by atoms with Crippen LogP contribution in [0.15, 0.2) is 55.0 Å². The van der Waals surface area contributed by atoms with Crippen LogP contribution in [0, 0.1) is 13.8 Å². The molecule has 0 bridgehead atoms. The number of aromatic nitrogens is 6. The van der Waals surface area contributed by atoms with Crippen LogP contribution in [0.2, 0.25) is 0 Å². The molecule has 5 aromatic rings. The molecule has 30 heavy (non-hydrogen) atoms. The maximum atomic E-state index is 13.0. The zero-order chi connectivity index (χ0) is 20.8. The summed E-state index contributed by atoms with van der Waals surface area (Å²) in [7, 11) is 1.83. The van der Waals surface area contributed by atoms with Gasteiger partial charge in [-0.1, -0.05) is 12.1 Å². The van der Waals surface area contributed by atoms with E-state index in [0.29, 0.717) is 16.9 Å². The van der Waals surface area contributed by atoms with E-state index in [4.69, 9.17) is 0 Å². The number of carbonyl (C=O) groups excluding carboxylic acids is 1. The largest absolute Gasteiger partial charge is 0.321 e. The first-order chi connectivity index (χ1) is 14.5. The zero-order valence-electron chi connectivity index (χ0n) is 16.8. The first-order valence-corrected chi connectivity index (χ1v) is 9.52. The maximum absolute atomic E-state index is 13.0. The highest BCUT2D eigenvalue weighted by Crippen LogP contribution is 2.23. The van der Waals surface area contributed by atoms with E-state index in [1.165, 1.54) is 0 Å². The predicted octanol–water partition coefficient (Wildman–Crippen LogP) is 3.57. The highest BCUT2D eigenvalue weighted by molar-refractivity contribution is 6.12. The van der Waals surface area contributed by atoms with Crippen molar-refractivity contribution in [1.29, 1.82) is 0 Å². The van der Waals surface area contributed by atoms with Crippen LogP contribution in [0.4, 0.5) is 5.69 Å². The third kappa shape index (κ3) is 2.89. The molecular weight excluding hydrogens is 378 g/mol. The van der Waals surface area contributed by atoms with Gasteiger partial charge in [0.25, 0.3) is 5.91 Å². The molecule has 0 aliphatic heterocycles. The van der Waals surface area contributed by atoms with Gasteiger partial charge in [-0.25, -0.2) is 15.0 Å². The number of imidazole rings is 1. The van der Waals surface area contributed by atoms with E-state index in [2.05, 4.69) is 25.4 Å². The summed E-state index contributed by atoms with van der Waals surface area (Å²) in [6.07, 6.45) is 3.39. The Bertz CT molecular complexity index is 1410. The monoisotopic (exact) mass is 397 g/mol. The van der Waals surface area contributed by atoms with Gasteiger partial charge >= 0.3 is 0 Å². The van der Waals surface area contributed by atoms with Gasteiger partial charge in [-0.3, -0.25) is 14.0 Å². The molecule has 0 fully saturated rings. The number of nitrogens with zero attached hydrogens (tertiary/aromatic N) is 6. The van der Waals surface area contributed by atoms with Gasteiger partial charge in [-0.05, 0) is 44.2 Å². The summed E-state index contributed by atoms with van der Waals surface area (Å²) in [4.78, 5) is 26.4. The Morgan fingerprint density at radius 2 is 1.90 bits per heavy atom. The molecule has 8 nitrogen and oxygen atoms in total. The highest BCUT2D eigenvalue weighted by Gasteiger charge is 2.18. The average Bonchev–Trinajstić information content (AvgIpc) is 3.29. The molecule has 1 aromatic carbocycles. The second-order valence-corrected chi connectivity index (χ2v) is 7.18. The number of pyridine rings is 2. The van der Waals surface area contributed by atoms with E-state index in [1.54, 1.807) is 23.3 Å². The van der Waals surface area contributed by atoms with Crippen molar-refractivity contribution in [3.05, 3.63) is 71.9 Å². The predicted molar refractivity (Wildman–Crippen MR) is 115 cm³/mol. The summed E-state index contributed by atoms with van der Waals surface area (Å²) in [5, 5.41) is 8.09. The van der Waals surface area contributed by atoms with Crippen molar-refractivity contribution in [1.82, 2.24) is 29.3 Å². The molecule has 0 aliphatic rings. The Morgan fingerprint density at radius 3 is 2.70 bits per heavy atom. The Balaban J connectivity index is 1.46. The summed E-state index contributed by atoms with van der Waals surface area (Å²) >= 11 is 0. The van der Waals surface area contributed by atoms with Gasteiger partial charge in [0.1, 0.15) is 12.1 Å². The Hall–Kier alpha value is -4.07. The van der Waals surface area contributed by atoms with E-state index in [1.807, 2.05) is 61.9 Å². The van der Waals surface area contributed by atoms with E-state index in [0.717, 1.165) is 33.6 Å². The minimum absolute atomic E-state index is 0.218. The first-order valence-electron chi connectivity index (χ1n) is 9.52. The third-order valence-corrected chi connectivity index (χ3v) is 5.05. The third-order valence-electron chi connectivity index (χ3n) is 5.05. The van der Waals surface area contributed by atoms with Gasteiger partial charge in [0.2, 0.25) is 0 Å². The van der Waals surface area contributed by atoms with Crippen LogP contribution in [0.5, 0.6) is 0 Å². The van der Waals surface area contributed by atoms with Crippen molar-refractivity contribution in [3.63, 3.8) is 0 Å². The van der Waals surface area contributed by atoms with Crippen LogP contribution in [-0.2, 0) is 7.05 Å². The number of amides is 1. The van der Waals surface area contributed by atoms with Crippen LogP contribution in [0.25, 0.3) is 27.9 Å². The molecule has 4 aromatic heterocycles. The van der Waals surface area contributed by atoms with Gasteiger partial charge < -0.3 is 5.32 Å². The normalized spacial score (nSPS) is 11.3. The minimum Gasteiger partial charge on any atom is -0.321 e. The van der Waals surface area contributed by atoms with Gasteiger partial charge in [0.15, 0.2) is 5.65 Å². The fraction of sp³-hybridized carbons (Fsp3) is 0.136. The molecule has 0 saturated carbocycles. The van der Waals surface area contributed by atoms with E-state index in [9.17, 15) is 4.79 Å². The number of carbonyl (C=O) groups is 1. The quantitative estimate of drug-likeness (QED) is 0.503. The fourth-order valence-corrected chi connectivity index (χ4v) is 3.69. The maximum Gasteiger partial charge on any atom is 0.256 e. The molecule has 1 N–H and O–H groups in total. The van der Waals surface area contributed by atoms with Crippen LogP contribution >= 0.6 is 0 Å². The van der Waals surface area contributed by atoms with Crippen molar-refractivity contribution in [2.45, 2.75) is 13.8 Å². The van der Waals surface area contributed by atoms with Crippen molar-refractivity contribution in [3.8, 4) is 5.82 Å². The molecule has 148 valence electrons. The van der Waals surface area contributed by atoms with E-state index < -0.39 is 0 Å². The molecule has 1 amide bonds. The molecule has 0 spiro atoms. The molecule has 0 saturated heterocycles. The number of benzene rings is 1. The molecule has 5 rings (SSSR count). The highest BCUT2D eigenvalue weighted by atomic mass is 16.1. The number of nitrogens with one attached hydrogen (secondary N) is 1. The lowest BCUT2D eigenvalue weighted by Gasteiger charge is -2.09. The molecule has 0 aliphatic carbocycles. The zero-order valence-corrected chi connectivity index (χ0v) is 16.8. The lowest BCUT2D eigenvalue weighted by Crippen LogP contribution is -2.13. The topological polar surface area (TPSA) is 90.5 Å². The number of hydrogen-bond acceptors (Lipinski definition) is 5. The summed E-state index contributed by atoms with van der Waals surface area (Å²) in [5.74, 6) is 0.510. The molecule has 8 heteroatoms. The average molecular weight is 397 g/mol. The Labute approximate surface area is 172 Å². The molecular formula is C22H19N7O. The first kappa shape index (κ1) is 18.0. The number of para-hydroxylation sites is 2. The second-order valence-electron chi connectivity index (χ2n) is 7.18. The van der Waals surface area contributed by atoms with Crippen LogP contribution in [0.1, 0.15) is 21.7 Å². The van der Waals surface area contributed by atoms with Crippen molar-refractivity contribution in [2.75, 3.05) is 5.32 Å². The number of fused-ring (bicyclic) bond motifs is 2. The summed E-state index contributed by atoms with van der Waals surface area (Å²) in [5.41, 5.74) is 5.26. The molecule has 0 unspecified atom stereocenters. The lowest BCUT2D eigenvalue weighted by atomic mass is 10.1. The SMILES string of the molecule is Cc1cc(C(=O)Nc2ccc(-n3cnc4ccccc43)nc2)c2c(C)nn(C)c2n1. The van der Waals surface area contributed by atoms with Crippen LogP contribution < -0.4 is 5.32 Å². The smallest absolute Gasteiger partial charge is 0.256 e. The summed E-state index contributed by atoms with van der Waals surface area (Å²) in [6, 6.07) is 13.3. The number of anilines is 1. The summed E-state index contributed by atoms with van der Waals surface area (Å²) in [6.45, 7) is 3.74. The Morgan fingerprint density at radius 1 is 1.07 bits per heavy atom. The molecule has 0 atom stereocenters. The summed E-state index contributed by atoms with van der Waals surface area (Å²) < 4.78 is 3.61. The number of rotatable bonds is 3. The fourth-order valence-electron chi connectivity index (χ4n) is 3.69. The van der Waals surface area contributed by atoms with Gasteiger partial charge in [0, 0.05) is 12.7 Å². The van der Waals surface area contributed by atoms with Gasteiger partial charge in [-0.2, -0.15) is 5.10 Å². The number of aryl methyl sites for hydroxylation is 3. The van der Waals surface area contributed by atoms with Crippen molar-refractivity contribution >= 4 is 33.7 Å². The standard InChI is InChI=1S/C22H19N7O/c1-13-10-16(20-14(2)27-28(3)21(20)25-13)22(30)26-15-8-9-19(23-11-15)29-12-24-17-6-4-5-7-18(17)29/h4-12H,1-3H3,(H,26,30). The number of hydrogen-bond donors (Lipinski definition) is 1. The second kappa shape index (κ2) is 6.77.